The molecular weight excluding hydrogens is 513 g/mol. The van der Waals surface area contributed by atoms with Crippen molar-refractivity contribution in [1.82, 2.24) is 4.98 Å². The Kier molecular flexibility index (Phi) is 10.9. The molecule has 0 aliphatic rings. The van der Waals surface area contributed by atoms with E-state index in [0.29, 0.717) is 6.61 Å². The number of nitrogens with zero attached hydrogens (tertiary/aromatic N) is 1. The number of halogens is 1. The summed E-state index contributed by atoms with van der Waals surface area (Å²) >= 11 is 0. The molecule has 1 aromatic heterocycles. The molecule has 0 saturated carbocycles. The van der Waals surface area contributed by atoms with E-state index in [0.717, 1.165) is 33.6 Å². The van der Waals surface area contributed by atoms with Gasteiger partial charge in [0.15, 0.2) is 8.32 Å². The van der Waals surface area contributed by atoms with Crippen LogP contribution >= 0.6 is 0 Å². The number of aliphatic carboxylic acids is 1. The molecule has 0 aliphatic carbocycles. The Morgan fingerprint density at radius 2 is 1.62 bits per heavy atom. The first-order valence-corrected chi connectivity index (χ1v) is 16.4. The lowest BCUT2D eigenvalue weighted by Crippen LogP contribution is -2.40. The van der Waals surface area contributed by atoms with E-state index >= 15 is 0 Å². The second kappa shape index (κ2) is 13.1. The molecule has 2 aromatic rings. The average Bonchev–Trinajstić information content (AvgIpc) is 2.79. The van der Waals surface area contributed by atoms with Gasteiger partial charge < -0.3 is 14.6 Å². The summed E-state index contributed by atoms with van der Waals surface area (Å²) in [5.41, 5.74) is 5.06. The Labute approximate surface area is 233 Å². The minimum absolute atomic E-state index is 0.00165. The summed E-state index contributed by atoms with van der Waals surface area (Å²) in [4.78, 5) is 27.9. The van der Waals surface area contributed by atoms with Crippen LogP contribution in [0.5, 0.6) is 0 Å². The van der Waals surface area contributed by atoms with Crippen LogP contribution in [0.1, 0.15) is 95.7 Å². The van der Waals surface area contributed by atoms with E-state index in [-0.39, 0.29) is 29.1 Å². The first kappa shape index (κ1) is 32.5. The molecule has 6 nitrogen and oxygen atoms in total. The summed E-state index contributed by atoms with van der Waals surface area (Å²) in [6, 6.07) is 6.31. The molecule has 0 radical (unpaired) electrons. The molecule has 0 amide bonds. The van der Waals surface area contributed by atoms with Crippen molar-refractivity contribution < 1.29 is 28.6 Å². The molecule has 1 atom stereocenters. The van der Waals surface area contributed by atoms with Crippen molar-refractivity contribution in [3.05, 3.63) is 58.7 Å². The van der Waals surface area contributed by atoms with Crippen molar-refractivity contribution in [2.24, 2.45) is 0 Å². The number of hydrogen-bond donors (Lipinski definition) is 2. The highest BCUT2D eigenvalue weighted by atomic mass is 28.4. The SMILES string of the molecule is CC(C)c1nc(C(C)C)c(CO[Si](C)(C)C(C)(C)C)c(-c2ccc(F)cc2)c1/C=C/C(O)CC(=O)CC(=O)O. The molecule has 8 heteroatoms. The van der Waals surface area contributed by atoms with Gasteiger partial charge in [-0.1, -0.05) is 72.8 Å². The minimum atomic E-state index is -2.13. The van der Waals surface area contributed by atoms with Gasteiger partial charge >= 0.3 is 5.97 Å². The van der Waals surface area contributed by atoms with Crippen LogP contribution in [0.3, 0.4) is 0 Å². The summed E-state index contributed by atoms with van der Waals surface area (Å²) in [5.74, 6) is -2.00. The number of carboxylic acids is 1. The van der Waals surface area contributed by atoms with Gasteiger partial charge in [-0.05, 0) is 53.2 Å². The number of pyridine rings is 1. The number of aliphatic hydroxyl groups excluding tert-OH is 1. The normalized spacial score (nSPS) is 13.5. The third-order valence-electron chi connectivity index (χ3n) is 7.28. The fourth-order valence-corrected chi connectivity index (χ4v) is 5.01. The van der Waals surface area contributed by atoms with Gasteiger partial charge in [-0.3, -0.25) is 14.6 Å². The Morgan fingerprint density at radius 3 is 2.10 bits per heavy atom. The van der Waals surface area contributed by atoms with E-state index in [1.807, 2.05) is 13.8 Å². The van der Waals surface area contributed by atoms with Crippen LogP contribution in [-0.2, 0) is 20.6 Å². The largest absolute Gasteiger partial charge is 0.481 e. The standard InChI is InChI=1S/C31H44FNO5Si/c1-19(2)29-25(15-14-23(34)16-24(35)17-27(36)37)28(21-10-12-22(32)13-11-21)26(30(33-29)20(3)4)18-38-39(8,9)31(5,6)7/h10-15,19-20,23,34H,16-18H2,1-9H3,(H,36,37)/b15-14+. The van der Waals surface area contributed by atoms with Crippen LogP contribution < -0.4 is 0 Å². The number of aromatic nitrogens is 1. The van der Waals surface area contributed by atoms with E-state index in [1.54, 1.807) is 18.2 Å². The molecule has 0 aliphatic heterocycles. The van der Waals surface area contributed by atoms with Gasteiger partial charge in [0.25, 0.3) is 0 Å². The molecule has 1 unspecified atom stereocenters. The van der Waals surface area contributed by atoms with E-state index in [1.165, 1.54) is 18.2 Å². The van der Waals surface area contributed by atoms with Crippen LogP contribution in [0.2, 0.25) is 18.1 Å². The number of Topliss-reactive ketones (excluding diaryl/α,β-unsaturated/α-hetero) is 1. The third-order valence-corrected chi connectivity index (χ3v) is 11.8. The van der Waals surface area contributed by atoms with E-state index in [4.69, 9.17) is 14.5 Å². The molecule has 1 aromatic carbocycles. The van der Waals surface area contributed by atoms with Crippen molar-refractivity contribution in [1.29, 1.82) is 0 Å². The molecule has 0 saturated heterocycles. The maximum atomic E-state index is 14.0. The van der Waals surface area contributed by atoms with Gasteiger partial charge in [-0.2, -0.15) is 0 Å². The lowest BCUT2D eigenvalue weighted by Gasteiger charge is -2.37. The van der Waals surface area contributed by atoms with Gasteiger partial charge in [0.05, 0.1) is 18.4 Å². The highest BCUT2D eigenvalue weighted by Gasteiger charge is 2.37. The van der Waals surface area contributed by atoms with Gasteiger partial charge in [-0.25, -0.2) is 4.39 Å². The predicted molar refractivity (Wildman–Crippen MR) is 157 cm³/mol. The van der Waals surface area contributed by atoms with E-state index in [2.05, 4.69) is 47.7 Å². The molecule has 2 rings (SSSR count). The Balaban J connectivity index is 2.79. The van der Waals surface area contributed by atoms with Crippen molar-refractivity contribution in [2.75, 3.05) is 0 Å². The maximum Gasteiger partial charge on any atom is 0.310 e. The number of carbonyl (C=O) groups excluding carboxylic acids is 1. The maximum absolute atomic E-state index is 14.0. The molecule has 39 heavy (non-hydrogen) atoms. The lowest BCUT2D eigenvalue weighted by molar-refractivity contribution is -0.140. The third kappa shape index (κ3) is 8.65. The Bertz CT molecular complexity index is 1200. The quantitative estimate of drug-likeness (QED) is 0.208. The number of benzene rings is 1. The predicted octanol–water partition coefficient (Wildman–Crippen LogP) is 7.46. The number of aliphatic hydroxyl groups is 1. The first-order valence-electron chi connectivity index (χ1n) is 13.5. The van der Waals surface area contributed by atoms with Crippen molar-refractivity contribution in [2.45, 2.75) is 104 Å². The summed E-state index contributed by atoms with van der Waals surface area (Å²) in [6.45, 7) is 19.5. The van der Waals surface area contributed by atoms with Gasteiger partial charge in [0.2, 0.25) is 0 Å². The first-order chi connectivity index (χ1) is 17.9. The fourth-order valence-electron chi connectivity index (χ4n) is 4.07. The molecule has 214 valence electrons. The highest BCUT2D eigenvalue weighted by Crippen LogP contribution is 2.41. The van der Waals surface area contributed by atoms with Crippen molar-refractivity contribution in [3.8, 4) is 11.1 Å². The number of hydrogen-bond acceptors (Lipinski definition) is 5. The van der Waals surface area contributed by atoms with Crippen molar-refractivity contribution >= 4 is 26.1 Å². The minimum Gasteiger partial charge on any atom is -0.481 e. The van der Waals surface area contributed by atoms with Crippen molar-refractivity contribution in [3.63, 3.8) is 0 Å². The van der Waals surface area contributed by atoms with Crippen LogP contribution in [0.4, 0.5) is 4.39 Å². The molecular formula is C31H44FNO5Si. The summed E-state index contributed by atoms with van der Waals surface area (Å²) in [7, 11) is -2.13. The van der Waals surface area contributed by atoms with E-state index < -0.39 is 32.6 Å². The van der Waals surface area contributed by atoms with Gasteiger partial charge in [-0.15, -0.1) is 0 Å². The van der Waals surface area contributed by atoms with Gasteiger partial charge in [0, 0.05) is 23.2 Å². The zero-order valence-electron chi connectivity index (χ0n) is 24.8. The second-order valence-electron chi connectivity index (χ2n) is 12.3. The summed E-state index contributed by atoms with van der Waals surface area (Å²) in [6.07, 6.45) is 1.16. The zero-order valence-corrected chi connectivity index (χ0v) is 25.8. The topological polar surface area (TPSA) is 96.7 Å². The van der Waals surface area contributed by atoms with Crippen LogP contribution in [0, 0.1) is 5.82 Å². The highest BCUT2D eigenvalue weighted by molar-refractivity contribution is 6.74. The number of carbonyl (C=O) groups is 2. The van der Waals surface area contributed by atoms with E-state index in [9.17, 15) is 19.1 Å². The monoisotopic (exact) mass is 557 g/mol. The zero-order chi connectivity index (χ0) is 29.7. The van der Waals surface area contributed by atoms with Crippen LogP contribution in [0.25, 0.3) is 17.2 Å². The summed E-state index contributed by atoms with van der Waals surface area (Å²) in [5, 5.41) is 19.4. The smallest absolute Gasteiger partial charge is 0.310 e. The molecule has 0 bridgehead atoms. The lowest BCUT2D eigenvalue weighted by atomic mass is 9.87. The van der Waals surface area contributed by atoms with Crippen LogP contribution in [-0.4, -0.2) is 41.4 Å². The number of rotatable bonds is 12. The number of carboxylic acid groups (broad SMARTS) is 1. The average molecular weight is 558 g/mol. The Morgan fingerprint density at radius 1 is 1.05 bits per heavy atom. The Hall–Kier alpha value is -2.68. The summed E-state index contributed by atoms with van der Waals surface area (Å²) < 4.78 is 20.6. The van der Waals surface area contributed by atoms with Crippen LogP contribution in [0.15, 0.2) is 30.3 Å². The van der Waals surface area contributed by atoms with Gasteiger partial charge in [0.1, 0.15) is 18.0 Å². The fraction of sp³-hybridized carbons (Fsp3) is 0.516. The molecule has 1 heterocycles. The molecule has 2 N–H and O–H groups in total. The molecule has 0 spiro atoms. The second-order valence-corrected chi connectivity index (χ2v) is 17.1. The molecule has 0 fully saturated rings. The number of ketones is 1.